The second kappa shape index (κ2) is 7.94. The zero-order chi connectivity index (χ0) is 24.1. The molecule has 13 heteroatoms. The van der Waals surface area contributed by atoms with E-state index in [1.807, 2.05) is 0 Å². The molecule has 1 aromatic heterocycles. The molecular formula is C19H16F6N2O4S. The number of carbonyl (C=O) groups is 1. The Hall–Kier alpha value is -2.83. The monoisotopic (exact) mass is 482 g/mol. The largest absolute Gasteiger partial charge is 0.480 e. The van der Waals surface area contributed by atoms with Crippen molar-refractivity contribution in [2.75, 3.05) is 6.26 Å². The lowest BCUT2D eigenvalue weighted by molar-refractivity contribution is -0.189. The van der Waals surface area contributed by atoms with Gasteiger partial charge in [-0.15, -0.1) is 0 Å². The quantitative estimate of drug-likeness (QED) is 0.616. The van der Waals surface area contributed by atoms with Gasteiger partial charge in [-0.1, -0.05) is 0 Å². The van der Waals surface area contributed by atoms with Gasteiger partial charge in [0.05, 0.1) is 28.3 Å². The van der Waals surface area contributed by atoms with E-state index in [1.165, 1.54) is 0 Å². The first-order chi connectivity index (χ1) is 14.6. The third kappa shape index (κ3) is 4.97. The average Bonchev–Trinajstić information content (AvgIpc) is 3.08. The average molecular weight is 482 g/mol. The molecule has 0 saturated carbocycles. The van der Waals surface area contributed by atoms with Crippen molar-refractivity contribution in [3.05, 3.63) is 52.8 Å². The van der Waals surface area contributed by atoms with Gasteiger partial charge in [-0.05, 0) is 36.8 Å². The Kier molecular flexibility index (Phi) is 5.91. The van der Waals surface area contributed by atoms with Crippen LogP contribution in [0, 0.1) is 0 Å². The highest BCUT2D eigenvalue weighted by Crippen LogP contribution is 2.34. The van der Waals surface area contributed by atoms with Crippen LogP contribution in [0.15, 0.2) is 35.4 Å². The van der Waals surface area contributed by atoms with E-state index in [4.69, 9.17) is 4.74 Å². The van der Waals surface area contributed by atoms with Crippen LogP contribution in [-0.2, 0) is 29.1 Å². The Labute approximate surface area is 178 Å². The minimum Gasteiger partial charge on any atom is -0.480 e. The summed E-state index contributed by atoms with van der Waals surface area (Å²) in [7, 11) is -3.82. The predicted molar refractivity (Wildman–Crippen MR) is 98.5 cm³/mol. The molecule has 0 aliphatic carbocycles. The molecule has 1 amide bonds. The Balaban J connectivity index is 1.97. The summed E-state index contributed by atoms with van der Waals surface area (Å²) in [4.78, 5) is 17.5. The van der Waals surface area contributed by atoms with Crippen LogP contribution in [0.3, 0.4) is 0 Å². The molecule has 2 heterocycles. The predicted octanol–water partition coefficient (Wildman–Crippen LogP) is 3.99. The molecule has 1 atom stereocenters. The van der Waals surface area contributed by atoms with Crippen LogP contribution in [-0.4, -0.2) is 42.7 Å². The van der Waals surface area contributed by atoms with Crippen molar-refractivity contribution in [3.63, 3.8) is 0 Å². The fraction of sp³-hybridized carbons (Fsp3) is 0.368. The first kappa shape index (κ1) is 23.8. The first-order valence-electron chi connectivity index (χ1n) is 8.99. The van der Waals surface area contributed by atoms with E-state index >= 15 is 0 Å². The van der Waals surface area contributed by atoms with E-state index in [0.717, 1.165) is 35.4 Å². The summed E-state index contributed by atoms with van der Waals surface area (Å²) in [6.45, 7) is 0.221. The topological polar surface area (TPSA) is 76.6 Å². The van der Waals surface area contributed by atoms with Crippen LogP contribution in [0.1, 0.15) is 34.1 Å². The van der Waals surface area contributed by atoms with Gasteiger partial charge >= 0.3 is 12.4 Å². The third-order valence-corrected chi connectivity index (χ3v) is 5.86. The highest BCUT2D eigenvalue weighted by atomic mass is 32.2. The van der Waals surface area contributed by atoms with Gasteiger partial charge in [-0.3, -0.25) is 9.78 Å². The number of carbonyl (C=O) groups excluding carboxylic acids is 1. The van der Waals surface area contributed by atoms with Gasteiger partial charge in [0, 0.05) is 19.0 Å². The Morgan fingerprint density at radius 2 is 1.78 bits per heavy atom. The summed E-state index contributed by atoms with van der Waals surface area (Å²) >= 11 is 0. The fourth-order valence-corrected chi connectivity index (χ4v) is 3.64. The van der Waals surface area contributed by atoms with Crippen molar-refractivity contribution in [1.82, 2.24) is 9.88 Å². The lowest BCUT2D eigenvalue weighted by Crippen LogP contribution is -2.32. The van der Waals surface area contributed by atoms with Crippen molar-refractivity contribution < 1.29 is 44.3 Å². The minimum atomic E-state index is -4.75. The van der Waals surface area contributed by atoms with E-state index in [-0.39, 0.29) is 29.2 Å². The lowest BCUT2D eigenvalue weighted by atomic mass is 10.1. The van der Waals surface area contributed by atoms with Crippen molar-refractivity contribution in [1.29, 1.82) is 0 Å². The number of fused-ring (bicyclic) bond motifs is 1. The third-order valence-electron chi connectivity index (χ3n) is 4.75. The highest BCUT2D eigenvalue weighted by Gasteiger charge is 2.39. The molecule has 0 spiro atoms. The summed E-state index contributed by atoms with van der Waals surface area (Å²) in [6, 6.07) is 3.66. The van der Waals surface area contributed by atoms with E-state index in [9.17, 15) is 39.6 Å². The molecule has 0 unspecified atom stereocenters. The number of sulfone groups is 1. The molecule has 1 aromatic carbocycles. The highest BCUT2D eigenvalue weighted by molar-refractivity contribution is 7.90. The van der Waals surface area contributed by atoms with Crippen molar-refractivity contribution in [2.45, 2.75) is 43.4 Å². The number of amides is 1. The number of hydrogen-bond donors (Lipinski definition) is 0. The molecule has 32 heavy (non-hydrogen) atoms. The van der Waals surface area contributed by atoms with Crippen molar-refractivity contribution in [3.8, 4) is 5.75 Å². The number of nitrogens with zero attached hydrogens (tertiary/aromatic N) is 2. The first-order valence-corrected chi connectivity index (χ1v) is 10.9. The van der Waals surface area contributed by atoms with E-state index < -0.39 is 51.1 Å². The fourth-order valence-electron chi connectivity index (χ4n) is 3.00. The molecule has 174 valence electrons. The second-order valence-electron chi connectivity index (χ2n) is 7.22. The molecule has 0 saturated heterocycles. The van der Waals surface area contributed by atoms with E-state index in [0.29, 0.717) is 13.1 Å². The maximum atomic E-state index is 13.0. The van der Waals surface area contributed by atoms with Gasteiger partial charge in [-0.2, -0.15) is 26.3 Å². The summed E-state index contributed by atoms with van der Waals surface area (Å²) in [5.41, 5.74) is -1.16. The molecule has 0 fully saturated rings. The minimum absolute atomic E-state index is 0.124. The Morgan fingerprint density at radius 3 is 2.34 bits per heavy atom. The SMILES string of the molecule is C[C@@H](Oc1ccc(S(C)(=O)=O)cc1C(=O)N1Cc2cc(C(F)(F)F)cnc2C1)C(F)(F)F. The van der Waals surface area contributed by atoms with Crippen LogP contribution in [0.5, 0.6) is 5.75 Å². The number of alkyl halides is 6. The second-order valence-corrected chi connectivity index (χ2v) is 9.24. The number of pyridine rings is 1. The summed E-state index contributed by atoms with van der Waals surface area (Å²) in [6.07, 6.45) is -10.2. The van der Waals surface area contributed by atoms with Gasteiger partial charge < -0.3 is 9.64 Å². The molecule has 0 bridgehead atoms. The molecule has 1 aliphatic heterocycles. The van der Waals surface area contributed by atoms with Gasteiger partial charge in [0.1, 0.15) is 5.75 Å². The number of rotatable bonds is 4. The zero-order valence-electron chi connectivity index (χ0n) is 16.6. The number of benzene rings is 1. The van der Waals surface area contributed by atoms with Crippen LogP contribution in [0.2, 0.25) is 0 Å². The van der Waals surface area contributed by atoms with Crippen LogP contribution in [0.4, 0.5) is 26.3 Å². The van der Waals surface area contributed by atoms with E-state index in [2.05, 4.69) is 4.98 Å². The molecule has 1 aliphatic rings. The summed E-state index contributed by atoms with van der Waals surface area (Å²) < 4.78 is 106. The van der Waals surface area contributed by atoms with Gasteiger partial charge in [-0.25, -0.2) is 8.42 Å². The summed E-state index contributed by atoms with van der Waals surface area (Å²) in [5.74, 6) is -1.42. The van der Waals surface area contributed by atoms with Crippen LogP contribution < -0.4 is 4.74 Å². The standard InChI is InChI=1S/C19H16F6N2O4S/c1-10(18(20,21)22)31-16-4-3-13(32(2,29)30)6-14(16)17(28)27-8-11-5-12(19(23,24)25)7-26-15(11)9-27/h3-7,10H,8-9H2,1-2H3/t10-/m1/s1. The van der Waals surface area contributed by atoms with Crippen molar-refractivity contribution in [2.24, 2.45) is 0 Å². The lowest BCUT2D eigenvalue weighted by Gasteiger charge is -2.22. The van der Waals surface area contributed by atoms with Gasteiger partial charge in [0.15, 0.2) is 15.9 Å². The molecule has 3 rings (SSSR count). The normalized spacial score (nSPS) is 15.4. The number of hydrogen-bond acceptors (Lipinski definition) is 5. The Morgan fingerprint density at radius 1 is 1.12 bits per heavy atom. The maximum absolute atomic E-state index is 13.0. The molecule has 2 aromatic rings. The number of halogens is 6. The van der Waals surface area contributed by atoms with E-state index in [1.54, 1.807) is 0 Å². The number of aromatic nitrogens is 1. The molecule has 0 radical (unpaired) electrons. The van der Waals surface area contributed by atoms with Gasteiger partial charge in [0.2, 0.25) is 0 Å². The van der Waals surface area contributed by atoms with Crippen molar-refractivity contribution >= 4 is 15.7 Å². The maximum Gasteiger partial charge on any atom is 0.425 e. The Bertz CT molecular complexity index is 1160. The molecule has 0 N–H and O–H groups in total. The smallest absolute Gasteiger partial charge is 0.425 e. The number of ether oxygens (including phenoxy) is 1. The van der Waals surface area contributed by atoms with Crippen LogP contribution >= 0.6 is 0 Å². The molecule has 6 nitrogen and oxygen atoms in total. The summed E-state index contributed by atoms with van der Waals surface area (Å²) in [5, 5.41) is 0. The molecular weight excluding hydrogens is 466 g/mol. The van der Waals surface area contributed by atoms with Crippen LogP contribution in [0.25, 0.3) is 0 Å². The zero-order valence-corrected chi connectivity index (χ0v) is 17.4. The van der Waals surface area contributed by atoms with Gasteiger partial charge in [0.25, 0.3) is 5.91 Å².